The van der Waals surface area contributed by atoms with E-state index in [1.54, 1.807) is 30.7 Å². The Kier molecular flexibility index (Phi) is 5.22. The number of carbonyl (C=O) groups is 1. The number of hydrogen-bond acceptors (Lipinski definition) is 5. The van der Waals surface area contributed by atoms with Gasteiger partial charge in [0.2, 0.25) is 0 Å². The molecule has 0 radical (unpaired) electrons. The standard InChI is InChI=1S/C20H23N3O3/c24-20(16-4-7-21-8-5-16)23-9-10-26-19-12-15(11-18(19)23)13-25-14-17-3-1-2-6-22-17/h1-8,15,18-19H,9-14H2/t15?,18-,19-/m1/s1. The fourth-order valence-corrected chi connectivity index (χ4v) is 3.91. The third kappa shape index (κ3) is 3.76. The highest BCUT2D eigenvalue weighted by molar-refractivity contribution is 5.94. The van der Waals surface area contributed by atoms with E-state index in [0.717, 1.165) is 18.5 Å². The highest BCUT2D eigenvalue weighted by atomic mass is 16.5. The molecule has 1 saturated carbocycles. The topological polar surface area (TPSA) is 64.6 Å². The van der Waals surface area contributed by atoms with Crippen molar-refractivity contribution >= 4 is 5.91 Å². The van der Waals surface area contributed by atoms with E-state index in [2.05, 4.69) is 9.97 Å². The van der Waals surface area contributed by atoms with Crippen molar-refractivity contribution in [2.24, 2.45) is 5.92 Å². The quantitative estimate of drug-likeness (QED) is 0.825. The van der Waals surface area contributed by atoms with Gasteiger partial charge in [0.1, 0.15) is 0 Å². The number of hydrogen-bond donors (Lipinski definition) is 0. The van der Waals surface area contributed by atoms with Crippen LogP contribution in [0.1, 0.15) is 28.9 Å². The summed E-state index contributed by atoms with van der Waals surface area (Å²) in [6.45, 7) is 2.43. The number of ether oxygens (including phenoxy) is 2. The van der Waals surface area contributed by atoms with Crippen molar-refractivity contribution in [1.29, 1.82) is 0 Å². The summed E-state index contributed by atoms with van der Waals surface area (Å²) in [6, 6.07) is 9.51. The molecule has 6 nitrogen and oxygen atoms in total. The molecule has 6 heteroatoms. The SMILES string of the molecule is O=C(c1ccncc1)N1CCO[C@@H]2CC(COCc3ccccn3)C[C@H]21. The number of nitrogens with zero attached hydrogens (tertiary/aromatic N) is 3. The Balaban J connectivity index is 1.35. The van der Waals surface area contributed by atoms with Gasteiger partial charge in [-0.15, -0.1) is 0 Å². The molecule has 26 heavy (non-hydrogen) atoms. The number of aromatic nitrogens is 2. The molecular formula is C20H23N3O3. The molecule has 2 aliphatic rings. The molecule has 2 aromatic rings. The first kappa shape index (κ1) is 17.1. The Hall–Kier alpha value is -2.31. The maximum atomic E-state index is 12.9. The molecule has 1 aliphatic heterocycles. The molecule has 4 rings (SSSR count). The molecule has 1 unspecified atom stereocenters. The van der Waals surface area contributed by atoms with Gasteiger partial charge in [-0.05, 0) is 43.0 Å². The molecule has 1 saturated heterocycles. The Morgan fingerprint density at radius 1 is 1.19 bits per heavy atom. The lowest BCUT2D eigenvalue weighted by atomic mass is 10.1. The predicted octanol–water partition coefficient (Wildman–Crippen LogP) is 2.31. The largest absolute Gasteiger partial charge is 0.375 e. The van der Waals surface area contributed by atoms with Gasteiger partial charge < -0.3 is 14.4 Å². The van der Waals surface area contributed by atoms with Crippen molar-refractivity contribution in [3.05, 3.63) is 60.2 Å². The van der Waals surface area contributed by atoms with E-state index in [0.29, 0.717) is 37.8 Å². The number of morpholine rings is 1. The van der Waals surface area contributed by atoms with E-state index in [9.17, 15) is 4.79 Å². The van der Waals surface area contributed by atoms with Crippen LogP contribution in [0, 0.1) is 5.92 Å². The molecular weight excluding hydrogens is 330 g/mol. The van der Waals surface area contributed by atoms with E-state index in [4.69, 9.17) is 9.47 Å². The minimum Gasteiger partial charge on any atom is -0.375 e. The van der Waals surface area contributed by atoms with Crippen molar-refractivity contribution in [2.45, 2.75) is 31.6 Å². The minimum absolute atomic E-state index is 0.0701. The fourth-order valence-electron chi connectivity index (χ4n) is 3.91. The van der Waals surface area contributed by atoms with E-state index in [-0.39, 0.29) is 18.1 Å². The first-order chi connectivity index (χ1) is 12.8. The van der Waals surface area contributed by atoms with Crippen LogP contribution in [0.2, 0.25) is 0 Å². The molecule has 0 bridgehead atoms. The minimum atomic E-state index is 0.0701. The fraction of sp³-hybridized carbons (Fsp3) is 0.450. The summed E-state index contributed by atoms with van der Waals surface area (Å²) < 4.78 is 11.8. The maximum absolute atomic E-state index is 12.9. The molecule has 1 amide bonds. The van der Waals surface area contributed by atoms with Gasteiger partial charge in [0.25, 0.3) is 5.91 Å². The zero-order valence-electron chi connectivity index (χ0n) is 14.7. The van der Waals surface area contributed by atoms with Crippen LogP contribution in [0.4, 0.5) is 0 Å². The maximum Gasteiger partial charge on any atom is 0.254 e. The van der Waals surface area contributed by atoms with Crippen LogP contribution in [-0.4, -0.2) is 52.7 Å². The second kappa shape index (κ2) is 7.93. The van der Waals surface area contributed by atoms with Crippen LogP contribution in [-0.2, 0) is 16.1 Å². The summed E-state index contributed by atoms with van der Waals surface area (Å²) in [4.78, 5) is 23.1. The van der Waals surface area contributed by atoms with Crippen molar-refractivity contribution in [2.75, 3.05) is 19.8 Å². The average molecular weight is 353 g/mol. The van der Waals surface area contributed by atoms with Crippen LogP contribution >= 0.6 is 0 Å². The lowest BCUT2D eigenvalue weighted by Gasteiger charge is -2.37. The zero-order valence-corrected chi connectivity index (χ0v) is 14.7. The number of pyridine rings is 2. The van der Waals surface area contributed by atoms with Crippen LogP contribution < -0.4 is 0 Å². The molecule has 0 aromatic carbocycles. The van der Waals surface area contributed by atoms with Gasteiger partial charge >= 0.3 is 0 Å². The molecule has 0 spiro atoms. The second-order valence-electron chi connectivity index (χ2n) is 6.88. The monoisotopic (exact) mass is 353 g/mol. The lowest BCUT2D eigenvalue weighted by Crippen LogP contribution is -2.51. The zero-order chi connectivity index (χ0) is 17.8. The molecule has 0 N–H and O–H groups in total. The summed E-state index contributed by atoms with van der Waals surface area (Å²) in [5.41, 5.74) is 1.63. The van der Waals surface area contributed by atoms with Gasteiger partial charge in [0.15, 0.2) is 0 Å². The first-order valence-electron chi connectivity index (χ1n) is 9.11. The number of rotatable bonds is 5. The van der Waals surface area contributed by atoms with Crippen molar-refractivity contribution in [1.82, 2.24) is 14.9 Å². The summed E-state index contributed by atoms with van der Waals surface area (Å²) in [7, 11) is 0. The normalized spacial score (nSPS) is 25.1. The smallest absolute Gasteiger partial charge is 0.254 e. The van der Waals surface area contributed by atoms with Crippen molar-refractivity contribution < 1.29 is 14.3 Å². The van der Waals surface area contributed by atoms with Gasteiger partial charge in [-0.1, -0.05) is 6.07 Å². The second-order valence-corrected chi connectivity index (χ2v) is 6.88. The summed E-state index contributed by atoms with van der Waals surface area (Å²) >= 11 is 0. The van der Waals surface area contributed by atoms with Gasteiger partial charge in [-0.2, -0.15) is 0 Å². The first-order valence-corrected chi connectivity index (χ1v) is 9.11. The molecule has 136 valence electrons. The van der Waals surface area contributed by atoms with Gasteiger partial charge in [0.05, 0.1) is 37.7 Å². The van der Waals surface area contributed by atoms with Gasteiger partial charge in [0, 0.05) is 30.7 Å². The van der Waals surface area contributed by atoms with Crippen LogP contribution in [0.25, 0.3) is 0 Å². The third-order valence-corrected chi connectivity index (χ3v) is 5.15. The summed E-state index contributed by atoms with van der Waals surface area (Å²) in [6.07, 6.45) is 7.07. The number of carbonyl (C=O) groups excluding carboxylic acids is 1. The number of amides is 1. The van der Waals surface area contributed by atoms with E-state index in [1.165, 1.54) is 0 Å². The Morgan fingerprint density at radius 2 is 2.08 bits per heavy atom. The Labute approximate surface area is 153 Å². The summed E-state index contributed by atoms with van der Waals surface area (Å²) in [5.74, 6) is 0.473. The molecule has 3 heterocycles. The Bertz CT molecular complexity index is 726. The lowest BCUT2D eigenvalue weighted by molar-refractivity contribution is -0.0450. The van der Waals surface area contributed by atoms with E-state index < -0.39 is 0 Å². The molecule has 2 fully saturated rings. The van der Waals surface area contributed by atoms with Crippen molar-refractivity contribution in [3.63, 3.8) is 0 Å². The number of fused-ring (bicyclic) bond motifs is 1. The third-order valence-electron chi connectivity index (χ3n) is 5.15. The molecule has 2 aromatic heterocycles. The van der Waals surface area contributed by atoms with E-state index >= 15 is 0 Å². The van der Waals surface area contributed by atoms with Crippen LogP contribution in [0.5, 0.6) is 0 Å². The molecule has 3 atom stereocenters. The highest BCUT2D eigenvalue weighted by Gasteiger charge is 2.43. The van der Waals surface area contributed by atoms with Gasteiger partial charge in [-0.3, -0.25) is 14.8 Å². The predicted molar refractivity (Wildman–Crippen MR) is 95.4 cm³/mol. The summed E-state index contributed by atoms with van der Waals surface area (Å²) in [5, 5.41) is 0. The Morgan fingerprint density at radius 3 is 2.88 bits per heavy atom. The average Bonchev–Trinajstić information content (AvgIpc) is 3.12. The van der Waals surface area contributed by atoms with Crippen LogP contribution in [0.3, 0.4) is 0 Å². The molecule has 1 aliphatic carbocycles. The van der Waals surface area contributed by atoms with E-state index in [1.807, 2.05) is 23.1 Å². The van der Waals surface area contributed by atoms with Gasteiger partial charge in [-0.25, -0.2) is 0 Å². The highest BCUT2D eigenvalue weighted by Crippen LogP contribution is 2.35. The van der Waals surface area contributed by atoms with Crippen LogP contribution in [0.15, 0.2) is 48.9 Å². The van der Waals surface area contributed by atoms with Crippen molar-refractivity contribution in [3.8, 4) is 0 Å².